The molecule has 3 aromatic rings. The van der Waals surface area contributed by atoms with Gasteiger partial charge in [0.15, 0.2) is 10.9 Å². The van der Waals surface area contributed by atoms with Gasteiger partial charge in [0.1, 0.15) is 11.3 Å². The quantitative estimate of drug-likeness (QED) is 0.600. The third-order valence-corrected chi connectivity index (χ3v) is 4.66. The number of carbonyl (C=O) groups is 1. The van der Waals surface area contributed by atoms with Gasteiger partial charge < -0.3 is 10.1 Å². The molecular formula is C18H19BrN2O2S. The van der Waals surface area contributed by atoms with Crippen molar-refractivity contribution in [3.05, 3.63) is 53.6 Å². The van der Waals surface area contributed by atoms with Crippen LogP contribution in [0.5, 0.6) is 5.75 Å². The number of nitrogens with one attached hydrogen (secondary N) is 1. The number of rotatable bonds is 6. The number of aromatic nitrogens is 1. The topological polar surface area (TPSA) is 51.2 Å². The van der Waals surface area contributed by atoms with E-state index in [0.717, 1.165) is 27.5 Å². The van der Waals surface area contributed by atoms with Gasteiger partial charge in [0.05, 0.1) is 18.4 Å². The van der Waals surface area contributed by atoms with Crippen molar-refractivity contribution in [2.75, 3.05) is 19.0 Å². The Morgan fingerprint density at radius 1 is 1.21 bits per heavy atom. The normalized spacial score (nSPS) is 10.2. The van der Waals surface area contributed by atoms with Crippen molar-refractivity contribution in [2.24, 2.45) is 0 Å². The number of anilines is 1. The smallest absolute Gasteiger partial charge is 0.184 e. The molecule has 1 heterocycles. The highest BCUT2D eigenvalue weighted by atomic mass is 79.9. The summed E-state index contributed by atoms with van der Waals surface area (Å²) in [5, 5.41) is 3.84. The zero-order chi connectivity index (χ0) is 16.2. The molecule has 0 aliphatic rings. The van der Waals surface area contributed by atoms with Crippen LogP contribution in [0.1, 0.15) is 22.8 Å². The molecule has 3 rings (SSSR count). The minimum atomic E-state index is 0. The minimum absolute atomic E-state index is 0. The van der Waals surface area contributed by atoms with Crippen LogP contribution in [0.2, 0.25) is 0 Å². The Balaban J connectivity index is 0.00000208. The van der Waals surface area contributed by atoms with Gasteiger partial charge >= 0.3 is 0 Å². The van der Waals surface area contributed by atoms with Crippen molar-refractivity contribution in [3.63, 3.8) is 0 Å². The van der Waals surface area contributed by atoms with Crippen LogP contribution < -0.4 is 10.1 Å². The average Bonchev–Trinajstić information content (AvgIpc) is 3.02. The van der Waals surface area contributed by atoms with Crippen LogP contribution >= 0.6 is 28.3 Å². The Hall–Kier alpha value is -1.92. The molecule has 4 nitrogen and oxygen atoms in total. The number of thiazole rings is 1. The highest BCUT2D eigenvalue weighted by molar-refractivity contribution is 8.93. The molecule has 0 bridgehead atoms. The van der Waals surface area contributed by atoms with Gasteiger partial charge in [0, 0.05) is 5.56 Å². The Kier molecular flexibility index (Phi) is 6.34. The van der Waals surface area contributed by atoms with Crippen LogP contribution in [0.4, 0.5) is 5.13 Å². The number of Topliss-reactive ketones (excluding diaryl/α,β-unsaturated/α-hetero) is 1. The molecule has 0 fully saturated rings. The number of ether oxygens (including phenoxy) is 1. The van der Waals surface area contributed by atoms with Gasteiger partial charge in [-0.1, -0.05) is 48.6 Å². The fourth-order valence-corrected chi connectivity index (χ4v) is 3.23. The van der Waals surface area contributed by atoms with Crippen LogP contribution in [-0.4, -0.2) is 24.4 Å². The Labute approximate surface area is 155 Å². The van der Waals surface area contributed by atoms with Gasteiger partial charge in [-0.3, -0.25) is 4.79 Å². The summed E-state index contributed by atoms with van der Waals surface area (Å²) in [7, 11) is 1.63. The van der Waals surface area contributed by atoms with Gasteiger partial charge in [-0.25, -0.2) is 4.98 Å². The fourth-order valence-electron chi connectivity index (χ4n) is 2.35. The number of carbonyl (C=O) groups excluding carboxylic acids is 1. The van der Waals surface area contributed by atoms with E-state index in [1.165, 1.54) is 16.9 Å². The van der Waals surface area contributed by atoms with E-state index in [1.807, 2.05) is 42.5 Å². The molecule has 0 saturated heterocycles. The molecule has 24 heavy (non-hydrogen) atoms. The van der Waals surface area contributed by atoms with E-state index in [4.69, 9.17) is 4.74 Å². The molecular weight excluding hydrogens is 388 g/mol. The first-order valence-electron chi connectivity index (χ1n) is 7.51. The molecule has 1 N–H and O–H groups in total. The summed E-state index contributed by atoms with van der Waals surface area (Å²) in [5.41, 5.74) is 2.77. The van der Waals surface area contributed by atoms with Crippen LogP contribution in [0.25, 0.3) is 10.2 Å². The largest absolute Gasteiger partial charge is 0.494 e. The first-order chi connectivity index (χ1) is 11.2. The lowest BCUT2D eigenvalue weighted by Crippen LogP contribution is -2.13. The van der Waals surface area contributed by atoms with Crippen molar-refractivity contribution in [1.29, 1.82) is 0 Å². The zero-order valence-electron chi connectivity index (χ0n) is 13.5. The molecule has 126 valence electrons. The van der Waals surface area contributed by atoms with Crippen LogP contribution in [-0.2, 0) is 6.42 Å². The second-order valence-corrected chi connectivity index (χ2v) is 6.18. The van der Waals surface area contributed by atoms with Crippen molar-refractivity contribution in [2.45, 2.75) is 13.3 Å². The Morgan fingerprint density at radius 3 is 2.62 bits per heavy atom. The van der Waals surface area contributed by atoms with Crippen molar-refractivity contribution in [3.8, 4) is 5.75 Å². The summed E-state index contributed by atoms with van der Waals surface area (Å²) in [6.45, 7) is 2.33. The first kappa shape index (κ1) is 18.4. The molecule has 0 amide bonds. The number of para-hydroxylation sites is 1. The van der Waals surface area contributed by atoms with Crippen molar-refractivity contribution < 1.29 is 9.53 Å². The maximum Gasteiger partial charge on any atom is 0.184 e. The monoisotopic (exact) mass is 406 g/mol. The van der Waals surface area contributed by atoms with E-state index >= 15 is 0 Å². The van der Waals surface area contributed by atoms with Crippen LogP contribution in [0.3, 0.4) is 0 Å². The number of methoxy groups -OCH3 is 1. The molecule has 2 aromatic carbocycles. The highest BCUT2D eigenvalue weighted by Crippen LogP contribution is 2.31. The number of ketones is 1. The predicted octanol–water partition coefficient (Wildman–Crippen LogP) is 4.74. The maximum absolute atomic E-state index is 12.2. The van der Waals surface area contributed by atoms with E-state index in [9.17, 15) is 4.79 Å². The molecule has 0 aliphatic heterocycles. The Morgan fingerprint density at radius 2 is 1.96 bits per heavy atom. The summed E-state index contributed by atoms with van der Waals surface area (Å²) in [6.07, 6.45) is 0.972. The molecule has 6 heteroatoms. The molecule has 0 unspecified atom stereocenters. The highest BCUT2D eigenvalue weighted by Gasteiger charge is 2.10. The minimum Gasteiger partial charge on any atom is -0.494 e. The number of halogens is 1. The van der Waals surface area contributed by atoms with E-state index in [1.54, 1.807) is 7.11 Å². The second-order valence-electron chi connectivity index (χ2n) is 5.15. The fraction of sp³-hybridized carbons (Fsp3) is 0.222. The summed E-state index contributed by atoms with van der Waals surface area (Å²) in [4.78, 5) is 16.8. The third kappa shape index (κ3) is 3.94. The summed E-state index contributed by atoms with van der Waals surface area (Å²) in [5.74, 6) is 0.798. The maximum atomic E-state index is 12.2. The number of nitrogens with zero attached hydrogens (tertiary/aromatic N) is 1. The van der Waals surface area contributed by atoms with Gasteiger partial charge in [0.2, 0.25) is 0 Å². The second kappa shape index (κ2) is 8.26. The predicted molar refractivity (Wildman–Crippen MR) is 105 cm³/mol. The van der Waals surface area contributed by atoms with E-state index in [2.05, 4.69) is 17.2 Å². The van der Waals surface area contributed by atoms with Crippen molar-refractivity contribution in [1.82, 2.24) is 4.98 Å². The third-order valence-electron chi connectivity index (χ3n) is 3.69. The number of benzene rings is 2. The zero-order valence-corrected chi connectivity index (χ0v) is 16.1. The molecule has 0 radical (unpaired) electrons. The standard InChI is InChI=1S/C18H18N2O2S.BrH/c1-3-12-7-9-13(10-8-12)14(21)11-19-18-20-17-15(22-2)5-4-6-16(17)23-18;/h4-10H,3,11H2,1-2H3,(H,19,20);1H. The Bertz CT molecular complexity index is 831. The summed E-state index contributed by atoms with van der Waals surface area (Å²) in [6, 6.07) is 13.6. The molecule has 0 atom stereocenters. The number of hydrogen-bond acceptors (Lipinski definition) is 5. The van der Waals surface area contributed by atoms with Gasteiger partial charge in [-0.05, 0) is 24.1 Å². The summed E-state index contributed by atoms with van der Waals surface area (Å²) < 4.78 is 6.34. The van der Waals surface area contributed by atoms with Gasteiger partial charge in [-0.2, -0.15) is 0 Å². The molecule has 0 saturated carbocycles. The van der Waals surface area contributed by atoms with Gasteiger partial charge in [-0.15, -0.1) is 17.0 Å². The molecule has 0 spiro atoms. The summed E-state index contributed by atoms with van der Waals surface area (Å²) >= 11 is 1.52. The molecule has 0 aliphatic carbocycles. The average molecular weight is 407 g/mol. The number of aryl methyl sites for hydroxylation is 1. The molecule has 1 aromatic heterocycles. The van der Waals surface area contributed by atoms with Crippen molar-refractivity contribution >= 4 is 49.4 Å². The van der Waals surface area contributed by atoms with E-state index in [0.29, 0.717) is 5.56 Å². The van der Waals surface area contributed by atoms with Crippen LogP contribution in [0.15, 0.2) is 42.5 Å². The number of fused-ring (bicyclic) bond motifs is 1. The first-order valence-corrected chi connectivity index (χ1v) is 8.32. The lowest BCUT2D eigenvalue weighted by molar-refractivity contribution is 0.101. The van der Waals surface area contributed by atoms with Crippen LogP contribution in [0, 0.1) is 0 Å². The lowest BCUT2D eigenvalue weighted by atomic mass is 10.1. The van der Waals surface area contributed by atoms with E-state index < -0.39 is 0 Å². The lowest BCUT2D eigenvalue weighted by Gasteiger charge is -2.03. The van der Waals surface area contributed by atoms with E-state index in [-0.39, 0.29) is 29.3 Å². The SMILES string of the molecule is Br.CCc1ccc(C(=O)CNc2nc3c(OC)cccc3s2)cc1. The number of hydrogen-bond donors (Lipinski definition) is 1. The van der Waals surface area contributed by atoms with Gasteiger partial charge in [0.25, 0.3) is 0 Å².